The van der Waals surface area contributed by atoms with Crippen LogP contribution in [0.3, 0.4) is 0 Å². The number of carboxylic acids is 1. The highest BCUT2D eigenvalue weighted by molar-refractivity contribution is 5.80. The first kappa shape index (κ1) is 9.08. The predicted molar refractivity (Wildman–Crippen MR) is 50.1 cm³/mol. The zero-order valence-electron chi connectivity index (χ0n) is 6.90. The van der Waals surface area contributed by atoms with E-state index in [0.717, 1.165) is 11.6 Å². The summed E-state index contributed by atoms with van der Waals surface area (Å²) in [7, 11) is 0. The highest BCUT2D eigenvalue weighted by Gasteiger charge is 1.81. The van der Waals surface area contributed by atoms with Crippen molar-refractivity contribution < 1.29 is 9.90 Å². The van der Waals surface area contributed by atoms with Gasteiger partial charge >= 0.3 is 5.97 Å². The van der Waals surface area contributed by atoms with Crippen LogP contribution in [0.15, 0.2) is 42.5 Å². The van der Waals surface area contributed by atoms with Gasteiger partial charge in [-0.3, -0.25) is 0 Å². The zero-order chi connectivity index (χ0) is 9.52. The molecule has 64 valence electrons. The van der Waals surface area contributed by atoms with E-state index in [-0.39, 0.29) is 0 Å². The van der Waals surface area contributed by atoms with E-state index in [4.69, 9.17) is 5.11 Å². The van der Waals surface area contributed by atoms with Gasteiger partial charge in [0.05, 0.1) is 0 Å². The number of hydrogen-bond donors (Lipinski definition) is 1. The zero-order valence-corrected chi connectivity index (χ0v) is 6.90. The van der Waals surface area contributed by atoms with E-state index in [2.05, 4.69) is 11.8 Å². The van der Waals surface area contributed by atoms with Gasteiger partial charge in [-0.25, -0.2) is 4.79 Å². The van der Waals surface area contributed by atoms with Gasteiger partial charge in [0.25, 0.3) is 0 Å². The molecule has 0 spiro atoms. The van der Waals surface area contributed by atoms with Gasteiger partial charge in [0.15, 0.2) is 0 Å². The topological polar surface area (TPSA) is 37.3 Å². The van der Waals surface area contributed by atoms with Crippen molar-refractivity contribution >= 4 is 5.97 Å². The smallest absolute Gasteiger partial charge is 0.328 e. The third kappa shape index (κ3) is 3.78. The minimum Gasteiger partial charge on any atom is -0.478 e. The van der Waals surface area contributed by atoms with E-state index in [1.165, 1.54) is 6.08 Å². The lowest BCUT2D eigenvalue weighted by Crippen LogP contribution is -1.84. The third-order valence-corrected chi connectivity index (χ3v) is 1.30. The number of aliphatic carboxylic acids is 1. The van der Waals surface area contributed by atoms with Gasteiger partial charge in [-0.05, 0) is 18.2 Å². The average molecular weight is 172 g/mol. The van der Waals surface area contributed by atoms with Crippen molar-refractivity contribution in [2.24, 2.45) is 0 Å². The van der Waals surface area contributed by atoms with E-state index in [9.17, 15) is 4.79 Å². The predicted octanol–water partition coefficient (Wildman–Crippen LogP) is 1.68. The number of benzene rings is 1. The SMILES string of the molecule is O=C(O)/C=C/C#Cc1ccccc1. The molecule has 0 heterocycles. The van der Waals surface area contributed by atoms with E-state index >= 15 is 0 Å². The van der Waals surface area contributed by atoms with Crippen molar-refractivity contribution in [1.82, 2.24) is 0 Å². The average Bonchev–Trinajstić information content (AvgIpc) is 2.14. The summed E-state index contributed by atoms with van der Waals surface area (Å²) >= 11 is 0. The Balaban J connectivity index is 2.64. The Morgan fingerprint density at radius 1 is 1.31 bits per heavy atom. The Morgan fingerprint density at radius 2 is 2.00 bits per heavy atom. The molecule has 1 aromatic rings. The molecule has 1 N–H and O–H groups in total. The van der Waals surface area contributed by atoms with Gasteiger partial charge in [-0.1, -0.05) is 30.0 Å². The maximum atomic E-state index is 10.1. The second kappa shape index (κ2) is 4.78. The standard InChI is InChI=1S/C11H8O2/c12-11(13)9-5-4-8-10-6-2-1-3-7-10/h1-3,5-7,9H,(H,12,13)/b9-5+. The molecular weight excluding hydrogens is 164 g/mol. The lowest BCUT2D eigenvalue weighted by atomic mass is 10.2. The first-order valence-corrected chi connectivity index (χ1v) is 3.75. The lowest BCUT2D eigenvalue weighted by molar-refractivity contribution is -0.131. The van der Waals surface area contributed by atoms with E-state index in [0.29, 0.717) is 0 Å². The second-order valence-corrected chi connectivity index (χ2v) is 2.31. The molecule has 0 aliphatic heterocycles. The summed E-state index contributed by atoms with van der Waals surface area (Å²) in [5.74, 6) is 4.44. The molecule has 2 nitrogen and oxygen atoms in total. The molecule has 0 unspecified atom stereocenters. The summed E-state index contributed by atoms with van der Waals surface area (Å²) in [5.41, 5.74) is 0.873. The van der Waals surface area contributed by atoms with Crippen LogP contribution in [0.25, 0.3) is 0 Å². The molecule has 0 aliphatic rings. The lowest BCUT2D eigenvalue weighted by Gasteiger charge is -1.84. The molecule has 0 amide bonds. The molecular formula is C11H8O2. The van der Waals surface area contributed by atoms with Gasteiger partial charge in [0, 0.05) is 11.6 Å². The van der Waals surface area contributed by atoms with E-state index in [1.807, 2.05) is 30.3 Å². The first-order valence-electron chi connectivity index (χ1n) is 3.75. The molecule has 1 aromatic carbocycles. The van der Waals surface area contributed by atoms with Crippen LogP contribution in [0.2, 0.25) is 0 Å². The van der Waals surface area contributed by atoms with E-state index in [1.54, 1.807) is 0 Å². The largest absolute Gasteiger partial charge is 0.478 e. The molecule has 0 saturated heterocycles. The summed E-state index contributed by atoms with van der Waals surface area (Å²) in [4.78, 5) is 10.1. The maximum absolute atomic E-state index is 10.1. The molecule has 0 aromatic heterocycles. The summed E-state index contributed by atoms with van der Waals surface area (Å²) in [6.45, 7) is 0. The van der Waals surface area contributed by atoms with Crippen molar-refractivity contribution in [1.29, 1.82) is 0 Å². The molecule has 1 rings (SSSR count). The van der Waals surface area contributed by atoms with Gasteiger partial charge in [0.1, 0.15) is 0 Å². The molecule has 0 bridgehead atoms. The van der Waals surface area contributed by atoms with Crippen molar-refractivity contribution in [3.63, 3.8) is 0 Å². The highest BCUT2D eigenvalue weighted by Crippen LogP contribution is 1.94. The molecule has 0 atom stereocenters. The minimum atomic E-state index is -0.984. The normalized spacial score (nSPS) is 9.23. The third-order valence-electron chi connectivity index (χ3n) is 1.30. The van der Waals surface area contributed by atoms with Crippen LogP contribution >= 0.6 is 0 Å². The molecule has 0 aliphatic carbocycles. The Morgan fingerprint density at radius 3 is 2.62 bits per heavy atom. The number of hydrogen-bond acceptors (Lipinski definition) is 1. The first-order chi connectivity index (χ1) is 6.29. The number of carbonyl (C=O) groups is 1. The number of carboxylic acid groups (broad SMARTS) is 1. The van der Waals surface area contributed by atoms with Crippen LogP contribution in [0, 0.1) is 11.8 Å². The van der Waals surface area contributed by atoms with Crippen molar-refractivity contribution in [3.8, 4) is 11.8 Å². The molecule has 0 radical (unpaired) electrons. The maximum Gasteiger partial charge on any atom is 0.328 e. The van der Waals surface area contributed by atoms with Crippen molar-refractivity contribution in [3.05, 3.63) is 48.0 Å². The summed E-state index contributed by atoms with van der Waals surface area (Å²) in [6.07, 6.45) is 2.32. The summed E-state index contributed by atoms with van der Waals surface area (Å²) < 4.78 is 0. The fourth-order valence-electron chi connectivity index (χ4n) is 0.759. The van der Waals surface area contributed by atoms with Crippen LogP contribution in [-0.4, -0.2) is 11.1 Å². The summed E-state index contributed by atoms with van der Waals surface area (Å²) in [5, 5.41) is 8.26. The Bertz CT molecular complexity index is 366. The number of rotatable bonds is 1. The van der Waals surface area contributed by atoms with Gasteiger partial charge in [-0.15, -0.1) is 0 Å². The fraction of sp³-hybridized carbons (Fsp3) is 0. The van der Waals surface area contributed by atoms with E-state index < -0.39 is 5.97 Å². The molecule has 0 fully saturated rings. The van der Waals surface area contributed by atoms with Crippen molar-refractivity contribution in [2.45, 2.75) is 0 Å². The fourth-order valence-corrected chi connectivity index (χ4v) is 0.759. The minimum absolute atomic E-state index is 0.873. The van der Waals surface area contributed by atoms with Crippen LogP contribution < -0.4 is 0 Å². The monoisotopic (exact) mass is 172 g/mol. The Labute approximate surface area is 76.5 Å². The van der Waals surface area contributed by atoms with Crippen molar-refractivity contribution in [2.75, 3.05) is 0 Å². The Kier molecular flexibility index (Phi) is 3.34. The van der Waals surface area contributed by atoms with Crippen LogP contribution in [0.5, 0.6) is 0 Å². The van der Waals surface area contributed by atoms with Crippen LogP contribution in [0.4, 0.5) is 0 Å². The molecule has 0 saturated carbocycles. The summed E-state index contributed by atoms with van der Waals surface area (Å²) in [6, 6.07) is 9.39. The van der Waals surface area contributed by atoms with Crippen LogP contribution in [-0.2, 0) is 4.79 Å². The van der Waals surface area contributed by atoms with Crippen LogP contribution in [0.1, 0.15) is 5.56 Å². The quantitative estimate of drug-likeness (QED) is 0.517. The Hall–Kier alpha value is -2.01. The van der Waals surface area contributed by atoms with Gasteiger partial charge in [-0.2, -0.15) is 0 Å². The number of allylic oxidation sites excluding steroid dienone is 1. The second-order valence-electron chi connectivity index (χ2n) is 2.31. The highest BCUT2D eigenvalue weighted by atomic mass is 16.4. The van der Waals surface area contributed by atoms with Gasteiger partial charge < -0.3 is 5.11 Å². The van der Waals surface area contributed by atoms with Gasteiger partial charge in [0.2, 0.25) is 0 Å². The molecule has 13 heavy (non-hydrogen) atoms. The molecule has 2 heteroatoms.